The third kappa shape index (κ3) is 4.24. The third-order valence-electron chi connectivity index (χ3n) is 4.59. The van der Waals surface area contributed by atoms with Gasteiger partial charge in [0.05, 0.1) is 16.6 Å². The van der Waals surface area contributed by atoms with Crippen LogP contribution in [0.2, 0.25) is 0 Å². The molecule has 1 aromatic carbocycles. The molecule has 0 spiro atoms. The molecule has 0 saturated heterocycles. The summed E-state index contributed by atoms with van der Waals surface area (Å²) in [6.07, 6.45) is 0. The van der Waals surface area contributed by atoms with Gasteiger partial charge in [0.2, 0.25) is 5.91 Å². The Morgan fingerprint density at radius 1 is 1.22 bits per heavy atom. The molecule has 1 amide bonds. The van der Waals surface area contributed by atoms with Crippen LogP contribution in [0.5, 0.6) is 0 Å². The third-order valence-corrected chi connectivity index (χ3v) is 4.59. The summed E-state index contributed by atoms with van der Waals surface area (Å²) in [6.45, 7) is 9.01. The van der Waals surface area contributed by atoms with Gasteiger partial charge >= 0.3 is 0 Å². The Bertz CT molecular complexity index is 1030. The molecule has 3 aromatic rings. The van der Waals surface area contributed by atoms with E-state index in [1.807, 2.05) is 30.7 Å². The van der Waals surface area contributed by atoms with Crippen molar-refractivity contribution in [2.75, 3.05) is 6.54 Å². The second-order valence-corrected chi connectivity index (χ2v) is 7.09. The van der Waals surface area contributed by atoms with Gasteiger partial charge in [-0.1, -0.05) is 19.1 Å². The first kappa shape index (κ1) is 18.8. The minimum atomic E-state index is -0.197. The van der Waals surface area contributed by atoms with E-state index in [1.165, 1.54) is 4.57 Å². The highest BCUT2D eigenvalue weighted by Gasteiger charge is 2.13. The van der Waals surface area contributed by atoms with Gasteiger partial charge in [0, 0.05) is 18.8 Å². The molecule has 1 N–H and O–H groups in total. The van der Waals surface area contributed by atoms with E-state index in [9.17, 15) is 9.59 Å². The van der Waals surface area contributed by atoms with Crippen LogP contribution in [0, 0.1) is 26.7 Å². The van der Waals surface area contributed by atoms with Crippen LogP contribution in [0.3, 0.4) is 0 Å². The summed E-state index contributed by atoms with van der Waals surface area (Å²) >= 11 is 0. The molecule has 1 unspecified atom stereocenters. The maximum absolute atomic E-state index is 12.6. The van der Waals surface area contributed by atoms with Crippen molar-refractivity contribution in [2.24, 2.45) is 5.92 Å². The maximum atomic E-state index is 12.6. The Labute approximate surface area is 158 Å². The molecule has 0 fully saturated rings. The summed E-state index contributed by atoms with van der Waals surface area (Å²) in [5.41, 5.74) is 2.55. The molecular weight excluding hydrogens is 342 g/mol. The van der Waals surface area contributed by atoms with Crippen LogP contribution < -0.4 is 10.9 Å². The van der Waals surface area contributed by atoms with Gasteiger partial charge in [-0.2, -0.15) is 5.10 Å². The fraction of sp³-hybridized carbons (Fsp3) is 0.400. The highest BCUT2D eigenvalue weighted by Crippen LogP contribution is 2.08. The zero-order valence-electron chi connectivity index (χ0n) is 16.2. The summed E-state index contributed by atoms with van der Waals surface area (Å²) in [7, 11) is 0. The van der Waals surface area contributed by atoms with E-state index in [-0.39, 0.29) is 23.9 Å². The lowest BCUT2D eigenvalue weighted by molar-refractivity contribution is -0.121. The number of hydrogen-bond donors (Lipinski definition) is 1. The number of aromatic nitrogens is 4. The van der Waals surface area contributed by atoms with Gasteiger partial charge in [-0.3, -0.25) is 18.8 Å². The van der Waals surface area contributed by atoms with Gasteiger partial charge in [0.25, 0.3) is 5.56 Å². The average Bonchev–Trinajstić information content (AvgIpc) is 2.94. The first-order valence-electron chi connectivity index (χ1n) is 9.09. The quantitative estimate of drug-likeness (QED) is 0.722. The van der Waals surface area contributed by atoms with Crippen LogP contribution in [0.25, 0.3) is 10.9 Å². The SMILES string of the molecule is Cc1cc(C)n(CC(C)CNC(=O)Cn2c(C)nc3ccccc3c2=O)n1. The van der Waals surface area contributed by atoms with Crippen molar-refractivity contribution in [3.05, 3.63) is 57.9 Å². The lowest BCUT2D eigenvalue weighted by Gasteiger charge is -2.15. The van der Waals surface area contributed by atoms with Gasteiger partial charge in [0.15, 0.2) is 0 Å². The zero-order valence-corrected chi connectivity index (χ0v) is 16.2. The molecule has 2 aromatic heterocycles. The molecule has 142 valence electrons. The number of carbonyl (C=O) groups excluding carboxylic acids is 1. The van der Waals surface area contributed by atoms with Crippen LogP contribution in [0.1, 0.15) is 24.1 Å². The maximum Gasteiger partial charge on any atom is 0.261 e. The number of carbonyl (C=O) groups is 1. The van der Waals surface area contributed by atoms with Crippen LogP contribution in [-0.4, -0.2) is 31.8 Å². The second kappa shape index (κ2) is 7.73. The van der Waals surface area contributed by atoms with E-state index in [1.54, 1.807) is 25.1 Å². The van der Waals surface area contributed by atoms with Crippen molar-refractivity contribution in [1.29, 1.82) is 0 Å². The smallest absolute Gasteiger partial charge is 0.261 e. The first-order chi connectivity index (χ1) is 12.8. The van der Waals surface area contributed by atoms with E-state index in [0.29, 0.717) is 23.3 Å². The standard InChI is InChI=1S/C20H25N5O2/c1-13(11-25-15(3)9-14(2)23-25)10-21-19(26)12-24-16(4)22-18-8-6-5-7-17(18)20(24)27/h5-9,13H,10-12H2,1-4H3,(H,21,26). The minimum absolute atomic E-state index is 0.0326. The predicted molar refractivity (Wildman–Crippen MR) is 105 cm³/mol. The summed E-state index contributed by atoms with van der Waals surface area (Å²) in [5, 5.41) is 7.88. The van der Waals surface area contributed by atoms with E-state index in [4.69, 9.17) is 0 Å². The molecule has 1 atom stereocenters. The van der Waals surface area contributed by atoms with Gasteiger partial charge in [-0.15, -0.1) is 0 Å². The van der Waals surface area contributed by atoms with Crippen molar-refractivity contribution in [2.45, 2.75) is 40.8 Å². The van der Waals surface area contributed by atoms with Gasteiger partial charge in [0.1, 0.15) is 12.4 Å². The molecule has 27 heavy (non-hydrogen) atoms. The van der Waals surface area contributed by atoms with Gasteiger partial charge < -0.3 is 5.32 Å². The highest BCUT2D eigenvalue weighted by molar-refractivity contribution is 5.79. The number of benzene rings is 1. The number of nitrogens with one attached hydrogen (secondary N) is 1. The number of aryl methyl sites for hydroxylation is 3. The van der Waals surface area contributed by atoms with Crippen LogP contribution in [0.15, 0.2) is 35.1 Å². The van der Waals surface area contributed by atoms with E-state index in [2.05, 4.69) is 22.3 Å². The van der Waals surface area contributed by atoms with Crippen LogP contribution in [-0.2, 0) is 17.9 Å². The number of rotatable bonds is 6. The van der Waals surface area contributed by atoms with Crippen molar-refractivity contribution in [3.63, 3.8) is 0 Å². The van der Waals surface area contributed by atoms with Gasteiger partial charge in [-0.25, -0.2) is 4.98 Å². The zero-order chi connectivity index (χ0) is 19.6. The van der Waals surface area contributed by atoms with Crippen molar-refractivity contribution < 1.29 is 4.79 Å². The number of nitrogens with zero attached hydrogens (tertiary/aromatic N) is 4. The molecule has 0 aliphatic heterocycles. The number of amides is 1. The fourth-order valence-corrected chi connectivity index (χ4v) is 3.17. The van der Waals surface area contributed by atoms with Crippen molar-refractivity contribution in [3.8, 4) is 0 Å². The molecule has 3 rings (SSSR count). The largest absolute Gasteiger partial charge is 0.354 e. The van der Waals surface area contributed by atoms with Gasteiger partial charge in [-0.05, 0) is 44.9 Å². The van der Waals surface area contributed by atoms with Crippen LogP contribution in [0.4, 0.5) is 0 Å². The van der Waals surface area contributed by atoms with E-state index in [0.717, 1.165) is 17.9 Å². The molecule has 0 bridgehead atoms. The van der Waals surface area contributed by atoms with E-state index >= 15 is 0 Å². The monoisotopic (exact) mass is 367 g/mol. The molecular formula is C20H25N5O2. The molecule has 7 nitrogen and oxygen atoms in total. The summed E-state index contributed by atoms with van der Waals surface area (Å²) in [4.78, 5) is 29.4. The second-order valence-electron chi connectivity index (χ2n) is 7.09. The number of para-hydroxylation sites is 1. The predicted octanol–water partition coefficient (Wildman–Crippen LogP) is 1.97. The number of fused-ring (bicyclic) bond motifs is 1. The first-order valence-corrected chi connectivity index (χ1v) is 9.09. The lowest BCUT2D eigenvalue weighted by atomic mass is 10.2. The Kier molecular flexibility index (Phi) is 5.39. The van der Waals surface area contributed by atoms with E-state index < -0.39 is 0 Å². The Morgan fingerprint density at radius 2 is 1.96 bits per heavy atom. The summed E-state index contributed by atoms with van der Waals surface area (Å²) in [5.74, 6) is 0.557. The molecule has 0 aliphatic carbocycles. The summed E-state index contributed by atoms with van der Waals surface area (Å²) < 4.78 is 3.37. The normalized spacial score (nSPS) is 12.3. The molecule has 2 heterocycles. The minimum Gasteiger partial charge on any atom is -0.354 e. The topological polar surface area (TPSA) is 81.8 Å². The number of hydrogen-bond acceptors (Lipinski definition) is 4. The lowest BCUT2D eigenvalue weighted by Crippen LogP contribution is -2.36. The molecule has 0 radical (unpaired) electrons. The molecule has 7 heteroatoms. The fourth-order valence-electron chi connectivity index (χ4n) is 3.17. The van der Waals surface area contributed by atoms with Crippen molar-refractivity contribution >= 4 is 16.8 Å². The molecule has 0 saturated carbocycles. The molecule has 0 aliphatic rings. The Morgan fingerprint density at radius 3 is 2.67 bits per heavy atom. The average molecular weight is 367 g/mol. The van der Waals surface area contributed by atoms with Crippen molar-refractivity contribution in [1.82, 2.24) is 24.6 Å². The summed E-state index contributed by atoms with van der Waals surface area (Å²) in [6, 6.07) is 9.21. The highest BCUT2D eigenvalue weighted by atomic mass is 16.2. The Hall–Kier alpha value is -2.96. The van der Waals surface area contributed by atoms with Crippen LogP contribution >= 0.6 is 0 Å². The Balaban J connectivity index is 1.63.